The van der Waals surface area contributed by atoms with Crippen LogP contribution in [0.15, 0.2) is 23.1 Å². The molecule has 15 heavy (non-hydrogen) atoms. The van der Waals surface area contributed by atoms with Crippen LogP contribution in [-0.2, 0) is 9.84 Å². The van der Waals surface area contributed by atoms with Crippen molar-refractivity contribution in [2.75, 3.05) is 18.2 Å². The van der Waals surface area contributed by atoms with Crippen LogP contribution in [0.4, 0.5) is 0 Å². The Balaban J connectivity index is 3.28. The van der Waals surface area contributed by atoms with Gasteiger partial charge in [0.15, 0.2) is 9.84 Å². The number of aryl methyl sites for hydroxylation is 1. The fourth-order valence-electron chi connectivity index (χ4n) is 1.24. The van der Waals surface area contributed by atoms with Crippen LogP contribution in [0.3, 0.4) is 0 Å². The lowest BCUT2D eigenvalue weighted by Crippen LogP contribution is -2.09. The van der Waals surface area contributed by atoms with E-state index in [4.69, 9.17) is 4.74 Å². The molecule has 1 aromatic carbocycles. The molecule has 0 unspecified atom stereocenters. The summed E-state index contributed by atoms with van der Waals surface area (Å²) in [6.45, 7) is 1.85. The van der Waals surface area contributed by atoms with Gasteiger partial charge in [-0.1, -0.05) is 22.0 Å². The van der Waals surface area contributed by atoms with Gasteiger partial charge in [-0.2, -0.15) is 0 Å². The Hall–Kier alpha value is -0.550. The van der Waals surface area contributed by atoms with Crippen molar-refractivity contribution in [3.8, 4) is 5.75 Å². The van der Waals surface area contributed by atoms with Crippen LogP contribution in [0.25, 0.3) is 0 Å². The zero-order valence-electron chi connectivity index (χ0n) is 8.66. The molecule has 0 aliphatic heterocycles. The van der Waals surface area contributed by atoms with Crippen LogP contribution in [-0.4, -0.2) is 26.6 Å². The van der Waals surface area contributed by atoms with Gasteiger partial charge in [0.2, 0.25) is 0 Å². The van der Waals surface area contributed by atoms with Gasteiger partial charge in [0.25, 0.3) is 0 Å². The summed E-state index contributed by atoms with van der Waals surface area (Å²) in [7, 11) is -1.78. The van der Waals surface area contributed by atoms with E-state index in [1.54, 1.807) is 12.1 Å². The Kier molecular flexibility index (Phi) is 4.16. The third-order valence-electron chi connectivity index (χ3n) is 2.00. The molecular weight excluding hydrogens is 280 g/mol. The molecule has 84 valence electrons. The van der Waals surface area contributed by atoms with Gasteiger partial charge in [-0.05, 0) is 24.6 Å². The molecule has 0 N–H and O–H groups in total. The topological polar surface area (TPSA) is 43.4 Å². The number of methoxy groups -OCH3 is 1. The molecule has 0 saturated carbocycles. The molecule has 0 saturated heterocycles. The summed E-state index contributed by atoms with van der Waals surface area (Å²) in [4.78, 5) is 0.268. The Morgan fingerprint density at radius 2 is 2.07 bits per heavy atom. The number of hydrogen-bond donors (Lipinski definition) is 0. The maximum Gasteiger partial charge on any atom is 0.182 e. The first-order valence-corrected chi connectivity index (χ1v) is 7.22. The molecule has 0 atom stereocenters. The smallest absolute Gasteiger partial charge is 0.182 e. The molecule has 5 heteroatoms. The van der Waals surface area contributed by atoms with Gasteiger partial charge in [0.1, 0.15) is 10.6 Å². The molecule has 1 aromatic rings. The van der Waals surface area contributed by atoms with Gasteiger partial charge in [0, 0.05) is 5.33 Å². The quantitative estimate of drug-likeness (QED) is 0.799. The number of benzene rings is 1. The highest BCUT2D eigenvalue weighted by Crippen LogP contribution is 2.25. The predicted octanol–water partition coefficient (Wildman–Crippen LogP) is 2.17. The van der Waals surface area contributed by atoms with E-state index in [9.17, 15) is 8.42 Å². The fourth-order valence-corrected chi connectivity index (χ4v) is 3.76. The largest absolute Gasteiger partial charge is 0.495 e. The SMILES string of the molecule is COc1ccc(C)cc1S(=O)(=O)CCBr. The summed E-state index contributed by atoms with van der Waals surface area (Å²) in [6, 6.07) is 5.14. The number of halogens is 1. The van der Waals surface area contributed by atoms with E-state index >= 15 is 0 Å². The van der Waals surface area contributed by atoms with Gasteiger partial charge >= 0.3 is 0 Å². The predicted molar refractivity (Wildman–Crippen MR) is 63.6 cm³/mol. The van der Waals surface area contributed by atoms with Crippen LogP contribution in [0.5, 0.6) is 5.75 Å². The first-order valence-electron chi connectivity index (χ1n) is 4.44. The number of hydrogen-bond acceptors (Lipinski definition) is 3. The van der Waals surface area contributed by atoms with Gasteiger partial charge in [-0.25, -0.2) is 8.42 Å². The van der Waals surface area contributed by atoms with Crippen molar-refractivity contribution < 1.29 is 13.2 Å². The highest BCUT2D eigenvalue weighted by Gasteiger charge is 2.18. The molecule has 0 amide bonds. The van der Waals surface area contributed by atoms with Crippen LogP contribution in [0, 0.1) is 6.92 Å². The van der Waals surface area contributed by atoms with Crippen molar-refractivity contribution in [1.29, 1.82) is 0 Å². The van der Waals surface area contributed by atoms with Crippen molar-refractivity contribution in [3.63, 3.8) is 0 Å². The van der Waals surface area contributed by atoms with Crippen molar-refractivity contribution in [2.24, 2.45) is 0 Å². The molecule has 0 radical (unpaired) electrons. The molecule has 0 spiro atoms. The van der Waals surface area contributed by atoms with Crippen molar-refractivity contribution in [1.82, 2.24) is 0 Å². The highest BCUT2D eigenvalue weighted by molar-refractivity contribution is 9.09. The second-order valence-corrected chi connectivity index (χ2v) is 6.03. The Labute approximate surface area is 98.5 Å². The van der Waals surface area contributed by atoms with E-state index in [0.717, 1.165) is 5.56 Å². The minimum Gasteiger partial charge on any atom is -0.495 e. The lowest BCUT2D eigenvalue weighted by molar-refractivity contribution is 0.402. The maximum absolute atomic E-state index is 11.9. The second-order valence-electron chi connectivity index (χ2n) is 3.16. The zero-order valence-corrected chi connectivity index (χ0v) is 11.1. The van der Waals surface area contributed by atoms with E-state index in [1.165, 1.54) is 7.11 Å². The molecule has 1 rings (SSSR count). The second kappa shape index (κ2) is 4.99. The Morgan fingerprint density at radius 3 is 2.60 bits per heavy atom. The standard InChI is InChI=1S/C10H13BrO3S/c1-8-3-4-9(14-2)10(7-8)15(12,13)6-5-11/h3-4,7H,5-6H2,1-2H3. The summed E-state index contributed by atoms with van der Waals surface area (Å²) < 4.78 is 28.7. The van der Waals surface area contributed by atoms with Crippen molar-refractivity contribution in [3.05, 3.63) is 23.8 Å². The van der Waals surface area contributed by atoms with Crippen LogP contribution in [0.2, 0.25) is 0 Å². The molecule has 3 nitrogen and oxygen atoms in total. The first kappa shape index (κ1) is 12.5. The molecule has 0 aliphatic rings. The molecule has 0 fully saturated rings. The third-order valence-corrected chi connectivity index (χ3v) is 4.65. The van der Waals surface area contributed by atoms with Gasteiger partial charge in [0.05, 0.1) is 12.9 Å². The van der Waals surface area contributed by atoms with Gasteiger partial charge in [-0.3, -0.25) is 0 Å². The summed E-state index contributed by atoms with van der Waals surface area (Å²) >= 11 is 3.13. The summed E-state index contributed by atoms with van der Waals surface area (Å²) in [5, 5.41) is 0.423. The molecule has 0 bridgehead atoms. The average Bonchev–Trinajstić information content (AvgIpc) is 2.17. The summed E-state index contributed by atoms with van der Waals surface area (Å²) in [5.41, 5.74) is 0.906. The average molecular weight is 293 g/mol. The number of rotatable bonds is 4. The van der Waals surface area contributed by atoms with Crippen molar-refractivity contribution in [2.45, 2.75) is 11.8 Å². The monoisotopic (exact) mass is 292 g/mol. The summed E-state index contributed by atoms with van der Waals surface area (Å²) in [5.74, 6) is 0.480. The van der Waals surface area contributed by atoms with E-state index < -0.39 is 9.84 Å². The highest BCUT2D eigenvalue weighted by atomic mass is 79.9. The van der Waals surface area contributed by atoms with Crippen LogP contribution >= 0.6 is 15.9 Å². The minimum atomic E-state index is -3.25. The molecule has 0 aliphatic carbocycles. The van der Waals surface area contributed by atoms with Crippen molar-refractivity contribution >= 4 is 25.8 Å². The lowest BCUT2D eigenvalue weighted by atomic mass is 10.2. The van der Waals surface area contributed by atoms with E-state index in [0.29, 0.717) is 11.1 Å². The van der Waals surface area contributed by atoms with Crippen LogP contribution < -0.4 is 4.74 Å². The Morgan fingerprint density at radius 1 is 1.40 bits per heavy atom. The molecule has 0 heterocycles. The summed E-state index contributed by atoms with van der Waals surface area (Å²) in [6.07, 6.45) is 0. The third kappa shape index (κ3) is 2.95. The minimum absolute atomic E-state index is 0.0762. The van der Waals surface area contributed by atoms with Crippen LogP contribution in [0.1, 0.15) is 5.56 Å². The number of sulfone groups is 1. The molecule has 0 aromatic heterocycles. The lowest BCUT2D eigenvalue weighted by Gasteiger charge is -2.09. The van der Waals surface area contributed by atoms with Gasteiger partial charge < -0.3 is 4.74 Å². The van der Waals surface area contributed by atoms with E-state index in [2.05, 4.69) is 15.9 Å². The van der Waals surface area contributed by atoms with E-state index in [1.807, 2.05) is 13.0 Å². The zero-order chi connectivity index (χ0) is 11.5. The fraction of sp³-hybridized carbons (Fsp3) is 0.400. The number of ether oxygens (including phenoxy) is 1. The van der Waals surface area contributed by atoms with Gasteiger partial charge in [-0.15, -0.1) is 0 Å². The first-order chi connectivity index (χ1) is 7.01. The normalized spacial score (nSPS) is 11.4. The number of alkyl halides is 1. The van der Waals surface area contributed by atoms with E-state index in [-0.39, 0.29) is 10.6 Å². The molecular formula is C10H13BrO3S. The Bertz CT molecular complexity index is 440. The maximum atomic E-state index is 11.9.